The molecule has 17 heavy (non-hydrogen) atoms. The van der Waals surface area contributed by atoms with Gasteiger partial charge in [0.15, 0.2) is 0 Å². The number of rotatable bonds is 3. The van der Waals surface area contributed by atoms with E-state index in [0.29, 0.717) is 0 Å². The Morgan fingerprint density at radius 3 is 2.29 bits per heavy atom. The molecule has 0 saturated carbocycles. The first-order chi connectivity index (χ1) is 8.08. The zero-order valence-electron chi connectivity index (χ0n) is 9.73. The van der Waals surface area contributed by atoms with Gasteiger partial charge < -0.3 is 5.11 Å². The second kappa shape index (κ2) is 4.68. The summed E-state index contributed by atoms with van der Waals surface area (Å²) in [6.45, 7) is 9.73. The van der Waals surface area contributed by atoms with Crippen molar-refractivity contribution < 1.29 is 5.11 Å². The van der Waals surface area contributed by atoms with Crippen molar-refractivity contribution in [2.45, 2.75) is 6.92 Å². The van der Waals surface area contributed by atoms with Crippen LogP contribution in [0.2, 0.25) is 0 Å². The number of allylic oxidation sites excluding steroid dienone is 1. The molecule has 0 saturated heterocycles. The summed E-state index contributed by atoms with van der Waals surface area (Å²) in [5.74, 6) is 0.266. The molecule has 0 radical (unpaired) electrons. The fourth-order valence-electron chi connectivity index (χ4n) is 1.72. The van der Waals surface area contributed by atoms with E-state index in [4.69, 9.17) is 0 Å². The maximum Gasteiger partial charge on any atom is 0.124 e. The standard InChI is InChI=1S/C15H14OS/c1-10(2)17-11(3)14-8-12-6-4-5-7-13(12)9-15(14)16/h4-9,16H,1,3H2,2H3. The fraction of sp³-hybridized carbons (Fsp3) is 0.0667. The largest absolute Gasteiger partial charge is 0.507 e. The molecule has 0 fully saturated rings. The van der Waals surface area contributed by atoms with Crippen LogP contribution in [-0.2, 0) is 0 Å². The van der Waals surface area contributed by atoms with Crippen LogP contribution in [0.1, 0.15) is 12.5 Å². The summed E-state index contributed by atoms with van der Waals surface area (Å²) in [4.78, 5) is 1.78. The van der Waals surface area contributed by atoms with E-state index in [9.17, 15) is 5.11 Å². The maximum atomic E-state index is 9.99. The molecule has 0 aliphatic heterocycles. The van der Waals surface area contributed by atoms with Gasteiger partial charge in [-0.25, -0.2) is 0 Å². The topological polar surface area (TPSA) is 20.2 Å². The molecule has 0 bridgehead atoms. The van der Waals surface area contributed by atoms with Crippen LogP contribution >= 0.6 is 11.8 Å². The molecule has 0 spiro atoms. The average molecular weight is 242 g/mol. The van der Waals surface area contributed by atoms with Crippen molar-refractivity contribution in [3.05, 3.63) is 60.0 Å². The molecular weight excluding hydrogens is 228 g/mol. The van der Waals surface area contributed by atoms with Gasteiger partial charge in [-0.2, -0.15) is 0 Å². The van der Waals surface area contributed by atoms with Crippen LogP contribution in [0.15, 0.2) is 54.5 Å². The number of phenols is 1. The number of thioether (sulfide) groups is 1. The van der Waals surface area contributed by atoms with Gasteiger partial charge >= 0.3 is 0 Å². The number of aromatic hydroxyl groups is 1. The minimum Gasteiger partial charge on any atom is -0.507 e. The van der Waals surface area contributed by atoms with Crippen molar-refractivity contribution in [1.82, 2.24) is 0 Å². The third-order valence-corrected chi connectivity index (χ3v) is 3.28. The molecule has 0 unspecified atom stereocenters. The van der Waals surface area contributed by atoms with E-state index in [-0.39, 0.29) is 5.75 Å². The molecule has 2 rings (SSSR count). The van der Waals surface area contributed by atoms with Crippen LogP contribution in [0.5, 0.6) is 5.75 Å². The Morgan fingerprint density at radius 2 is 1.71 bits per heavy atom. The van der Waals surface area contributed by atoms with Crippen molar-refractivity contribution in [2.24, 2.45) is 0 Å². The van der Waals surface area contributed by atoms with Gasteiger partial charge in [-0.05, 0) is 34.7 Å². The first-order valence-electron chi connectivity index (χ1n) is 5.32. The highest BCUT2D eigenvalue weighted by molar-refractivity contribution is 8.11. The summed E-state index contributed by atoms with van der Waals surface area (Å²) in [6.07, 6.45) is 0. The summed E-state index contributed by atoms with van der Waals surface area (Å²) in [5, 5.41) is 12.1. The predicted octanol–water partition coefficient (Wildman–Crippen LogP) is 4.78. The Balaban J connectivity index is 2.50. The van der Waals surface area contributed by atoms with Crippen molar-refractivity contribution in [2.75, 3.05) is 0 Å². The lowest BCUT2D eigenvalue weighted by atomic mass is 10.1. The van der Waals surface area contributed by atoms with E-state index < -0.39 is 0 Å². The fourth-order valence-corrected chi connectivity index (χ4v) is 2.41. The summed E-state index contributed by atoms with van der Waals surface area (Å²) in [7, 11) is 0. The van der Waals surface area contributed by atoms with E-state index >= 15 is 0 Å². The normalized spacial score (nSPS) is 10.4. The average Bonchev–Trinajstić information content (AvgIpc) is 2.27. The summed E-state index contributed by atoms with van der Waals surface area (Å²) in [5.41, 5.74) is 0.775. The number of hydrogen-bond acceptors (Lipinski definition) is 2. The van der Waals surface area contributed by atoms with E-state index in [1.807, 2.05) is 37.3 Å². The molecule has 2 aromatic carbocycles. The van der Waals surface area contributed by atoms with Crippen LogP contribution in [0, 0.1) is 0 Å². The third-order valence-electron chi connectivity index (χ3n) is 2.46. The molecule has 86 valence electrons. The van der Waals surface area contributed by atoms with Gasteiger partial charge in [0.2, 0.25) is 0 Å². The molecule has 1 N–H and O–H groups in total. The minimum absolute atomic E-state index is 0.266. The molecular formula is C15H14OS. The van der Waals surface area contributed by atoms with E-state index in [0.717, 1.165) is 26.1 Å². The van der Waals surface area contributed by atoms with Crippen LogP contribution in [0.3, 0.4) is 0 Å². The lowest BCUT2D eigenvalue weighted by Gasteiger charge is -2.09. The first kappa shape index (κ1) is 11.8. The summed E-state index contributed by atoms with van der Waals surface area (Å²) in [6, 6.07) is 11.7. The van der Waals surface area contributed by atoms with E-state index in [1.54, 1.807) is 6.07 Å². The van der Waals surface area contributed by atoms with Gasteiger partial charge in [-0.3, -0.25) is 0 Å². The number of fused-ring (bicyclic) bond motifs is 1. The highest BCUT2D eigenvalue weighted by Gasteiger charge is 2.08. The molecule has 2 heteroatoms. The molecule has 0 aromatic heterocycles. The van der Waals surface area contributed by atoms with Crippen molar-refractivity contribution in [3.63, 3.8) is 0 Å². The Labute approximate surface area is 105 Å². The quantitative estimate of drug-likeness (QED) is 0.835. The predicted molar refractivity (Wildman–Crippen MR) is 77.1 cm³/mol. The van der Waals surface area contributed by atoms with Gasteiger partial charge in [-0.1, -0.05) is 49.2 Å². The monoisotopic (exact) mass is 242 g/mol. The second-order valence-corrected chi connectivity index (χ2v) is 5.34. The number of hydrogen-bond donors (Lipinski definition) is 1. The SMILES string of the molecule is C=C(C)SC(=C)c1cc2ccccc2cc1O. The minimum atomic E-state index is 0.266. The Hall–Kier alpha value is -1.67. The molecule has 0 aliphatic carbocycles. The third kappa shape index (κ3) is 2.53. The molecule has 0 aliphatic rings. The molecule has 0 amide bonds. The highest BCUT2D eigenvalue weighted by Crippen LogP contribution is 2.37. The molecule has 0 heterocycles. The van der Waals surface area contributed by atoms with Crippen LogP contribution in [0.4, 0.5) is 0 Å². The van der Waals surface area contributed by atoms with Gasteiger partial charge in [0, 0.05) is 10.5 Å². The van der Waals surface area contributed by atoms with Crippen LogP contribution in [0.25, 0.3) is 15.7 Å². The summed E-state index contributed by atoms with van der Waals surface area (Å²) >= 11 is 1.48. The lowest BCUT2D eigenvalue weighted by Crippen LogP contribution is -1.82. The zero-order valence-corrected chi connectivity index (χ0v) is 10.6. The lowest BCUT2D eigenvalue weighted by molar-refractivity contribution is 0.475. The first-order valence-corrected chi connectivity index (χ1v) is 6.14. The second-order valence-electron chi connectivity index (χ2n) is 3.94. The van der Waals surface area contributed by atoms with E-state index in [1.165, 1.54) is 11.8 Å². The molecule has 1 nitrogen and oxygen atoms in total. The van der Waals surface area contributed by atoms with Gasteiger partial charge in [0.1, 0.15) is 5.75 Å². The van der Waals surface area contributed by atoms with Crippen LogP contribution in [-0.4, -0.2) is 5.11 Å². The molecule has 0 atom stereocenters. The van der Waals surface area contributed by atoms with Gasteiger partial charge in [0.25, 0.3) is 0 Å². The molecule has 2 aromatic rings. The zero-order chi connectivity index (χ0) is 12.4. The smallest absolute Gasteiger partial charge is 0.124 e. The van der Waals surface area contributed by atoms with E-state index in [2.05, 4.69) is 13.2 Å². The number of benzene rings is 2. The van der Waals surface area contributed by atoms with Crippen molar-refractivity contribution in [1.29, 1.82) is 0 Å². The van der Waals surface area contributed by atoms with Crippen molar-refractivity contribution >= 4 is 27.4 Å². The Morgan fingerprint density at radius 1 is 1.12 bits per heavy atom. The van der Waals surface area contributed by atoms with Crippen LogP contribution < -0.4 is 0 Å². The Kier molecular flexibility index (Phi) is 3.25. The maximum absolute atomic E-state index is 9.99. The summed E-state index contributed by atoms with van der Waals surface area (Å²) < 4.78 is 0. The number of phenolic OH excluding ortho intramolecular Hbond substituents is 1. The van der Waals surface area contributed by atoms with Crippen molar-refractivity contribution in [3.8, 4) is 5.75 Å². The highest BCUT2D eigenvalue weighted by atomic mass is 32.2. The van der Waals surface area contributed by atoms with Gasteiger partial charge in [-0.15, -0.1) is 0 Å². The van der Waals surface area contributed by atoms with Gasteiger partial charge in [0.05, 0.1) is 0 Å². The Bertz CT molecular complexity index is 599.